The van der Waals surface area contributed by atoms with Gasteiger partial charge in [0.15, 0.2) is 0 Å². The standard InChI is InChI=1S/C11H23NO3S/c1-8(2)7-9(3)16(14,15)12-10(13)11(4,5)6/h8-9H,7H2,1-6H3,(H,12,13). The van der Waals surface area contributed by atoms with E-state index >= 15 is 0 Å². The minimum absolute atomic E-state index is 0.288. The van der Waals surface area contributed by atoms with Crippen LogP contribution in [0.1, 0.15) is 48.0 Å². The second-order valence-corrected chi connectivity index (χ2v) is 7.77. The molecule has 5 heteroatoms. The lowest BCUT2D eigenvalue weighted by Gasteiger charge is -2.21. The van der Waals surface area contributed by atoms with Gasteiger partial charge < -0.3 is 0 Å². The van der Waals surface area contributed by atoms with Crippen LogP contribution >= 0.6 is 0 Å². The van der Waals surface area contributed by atoms with Crippen LogP contribution in [0, 0.1) is 11.3 Å². The molecule has 0 aromatic rings. The Labute approximate surface area is 98.9 Å². The first-order valence-corrected chi connectivity index (χ1v) is 7.07. The Morgan fingerprint density at radius 3 is 1.94 bits per heavy atom. The minimum atomic E-state index is -3.54. The normalized spacial score (nSPS) is 14.9. The van der Waals surface area contributed by atoms with Gasteiger partial charge >= 0.3 is 0 Å². The van der Waals surface area contributed by atoms with Gasteiger partial charge in [0.2, 0.25) is 15.9 Å². The summed E-state index contributed by atoms with van der Waals surface area (Å²) in [4.78, 5) is 11.6. The molecule has 4 nitrogen and oxygen atoms in total. The Morgan fingerprint density at radius 1 is 1.19 bits per heavy atom. The van der Waals surface area contributed by atoms with Gasteiger partial charge in [0.25, 0.3) is 0 Å². The highest BCUT2D eigenvalue weighted by atomic mass is 32.2. The van der Waals surface area contributed by atoms with Gasteiger partial charge in [0.1, 0.15) is 0 Å². The van der Waals surface area contributed by atoms with E-state index in [4.69, 9.17) is 0 Å². The quantitative estimate of drug-likeness (QED) is 0.828. The van der Waals surface area contributed by atoms with Gasteiger partial charge in [-0.3, -0.25) is 9.52 Å². The highest BCUT2D eigenvalue weighted by Crippen LogP contribution is 2.16. The van der Waals surface area contributed by atoms with Crippen LogP contribution in [0.15, 0.2) is 0 Å². The van der Waals surface area contributed by atoms with Gasteiger partial charge in [-0.15, -0.1) is 0 Å². The summed E-state index contributed by atoms with van der Waals surface area (Å²) in [7, 11) is -3.54. The van der Waals surface area contributed by atoms with Crippen LogP contribution in [-0.2, 0) is 14.8 Å². The molecular formula is C11H23NO3S. The third-order valence-electron chi connectivity index (χ3n) is 2.25. The van der Waals surface area contributed by atoms with Crippen LogP contribution in [0.2, 0.25) is 0 Å². The van der Waals surface area contributed by atoms with Crippen molar-refractivity contribution in [2.45, 2.75) is 53.2 Å². The first-order valence-electron chi connectivity index (χ1n) is 5.53. The average molecular weight is 249 g/mol. The predicted molar refractivity (Wildman–Crippen MR) is 65.4 cm³/mol. The van der Waals surface area contributed by atoms with Crippen LogP contribution in [0.4, 0.5) is 0 Å². The highest BCUT2D eigenvalue weighted by molar-refractivity contribution is 7.90. The van der Waals surface area contributed by atoms with E-state index in [2.05, 4.69) is 4.72 Å². The monoisotopic (exact) mass is 249 g/mol. The topological polar surface area (TPSA) is 63.2 Å². The summed E-state index contributed by atoms with van der Waals surface area (Å²) in [6.07, 6.45) is 0.548. The van der Waals surface area contributed by atoms with Crippen LogP contribution in [0.25, 0.3) is 0 Å². The second kappa shape index (κ2) is 5.17. The van der Waals surface area contributed by atoms with Crippen molar-refractivity contribution in [3.05, 3.63) is 0 Å². The number of rotatable bonds is 4. The van der Waals surface area contributed by atoms with Gasteiger partial charge in [-0.25, -0.2) is 8.42 Å². The first-order chi connectivity index (χ1) is 6.97. The van der Waals surface area contributed by atoms with E-state index in [1.165, 1.54) is 0 Å². The number of hydrogen-bond acceptors (Lipinski definition) is 3. The molecule has 0 aromatic heterocycles. The third kappa shape index (κ3) is 4.96. The van der Waals surface area contributed by atoms with Crippen molar-refractivity contribution in [2.75, 3.05) is 0 Å². The van der Waals surface area contributed by atoms with E-state index in [0.717, 1.165) is 0 Å². The van der Waals surface area contributed by atoms with Gasteiger partial charge in [-0.2, -0.15) is 0 Å². The molecule has 0 spiro atoms. The highest BCUT2D eigenvalue weighted by Gasteiger charge is 2.29. The summed E-state index contributed by atoms with van der Waals surface area (Å²) in [6.45, 7) is 10.6. The number of sulfonamides is 1. The summed E-state index contributed by atoms with van der Waals surface area (Å²) in [6, 6.07) is 0. The number of amides is 1. The Morgan fingerprint density at radius 2 is 1.62 bits per heavy atom. The molecule has 1 amide bonds. The molecule has 0 aromatic carbocycles. The van der Waals surface area contributed by atoms with Gasteiger partial charge in [0, 0.05) is 5.41 Å². The third-order valence-corrected chi connectivity index (χ3v) is 3.97. The van der Waals surface area contributed by atoms with Crippen molar-refractivity contribution in [2.24, 2.45) is 11.3 Å². The van der Waals surface area contributed by atoms with Crippen molar-refractivity contribution in [1.82, 2.24) is 4.72 Å². The van der Waals surface area contributed by atoms with Crippen molar-refractivity contribution in [3.63, 3.8) is 0 Å². The molecule has 1 N–H and O–H groups in total. The molecule has 0 aliphatic rings. The van der Waals surface area contributed by atoms with Crippen LogP contribution in [0.5, 0.6) is 0 Å². The Balaban J connectivity index is 4.65. The molecule has 0 heterocycles. The molecular weight excluding hydrogens is 226 g/mol. The molecule has 0 bridgehead atoms. The van der Waals surface area contributed by atoms with Gasteiger partial charge in [-0.05, 0) is 19.3 Å². The summed E-state index contributed by atoms with van der Waals surface area (Å²) < 4.78 is 25.7. The fourth-order valence-corrected chi connectivity index (χ4v) is 2.58. The molecule has 0 aliphatic heterocycles. The van der Waals surface area contributed by atoms with Gasteiger partial charge in [0.05, 0.1) is 5.25 Å². The van der Waals surface area contributed by atoms with E-state index in [1.807, 2.05) is 13.8 Å². The van der Waals surface area contributed by atoms with Crippen molar-refractivity contribution in [1.29, 1.82) is 0 Å². The molecule has 1 unspecified atom stereocenters. The molecule has 0 radical (unpaired) electrons. The zero-order chi connectivity index (χ0) is 13.1. The Hall–Kier alpha value is -0.580. The first kappa shape index (κ1) is 15.4. The fourth-order valence-electron chi connectivity index (χ4n) is 1.17. The van der Waals surface area contributed by atoms with Crippen LogP contribution in [-0.4, -0.2) is 19.6 Å². The van der Waals surface area contributed by atoms with Gasteiger partial charge in [-0.1, -0.05) is 34.6 Å². The molecule has 96 valence electrons. The summed E-state index contributed by atoms with van der Waals surface area (Å²) in [5.41, 5.74) is -0.690. The minimum Gasteiger partial charge on any atom is -0.273 e. The summed E-state index contributed by atoms with van der Waals surface area (Å²) >= 11 is 0. The maximum atomic E-state index is 11.8. The van der Waals surface area contributed by atoms with Crippen molar-refractivity contribution < 1.29 is 13.2 Å². The number of nitrogens with one attached hydrogen (secondary N) is 1. The average Bonchev–Trinajstić information content (AvgIpc) is 1.99. The Kier molecular flexibility index (Phi) is 4.98. The lowest BCUT2D eigenvalue weighted by atomic mass is 9.96. The van der Waals surface area contributed by atoms with E-state index in [-0.39, 0.29) is 5.92 Å². The van der Waals surface area contributed by atoms with E-state index in [0.29, 0.717) is 6.42 Å². The molecule has 0 aliphatic carbocycles. The van der Waals surface area contributed by atoms with Crippen LogP contribution < -0.4 is 4.72 Å². The molecule has 0 saturated carbocycles. The van der Waals surface area contributed by atoms with E-state index in [1.54, 1.807) is 27.7 Å². The zero-order valence-electron chi connectivity index (χ0n) is 11.0. The summed E-state index contributed by atoms with van der Waals surface area (Å²) in [5, 5.41) is -0.543. The molecule has 0 saturated heterocycles. The maximum Gasteiger partial charge on any atom is 0.238 e. The molecule has 0 rings (SSSR count). The fraction of sp³-hybridized carbons (Fsp3) is 0.909. The van der Waals surface area contributed by atoms with Crippen molar-refractivity contribution >= 4 is 15.9 Å². The molecule has 16 heavy (non-hydrogen) atoms. The van der Waals surface area contributed by atoms with E-state index in [9.17, 15) is 13.2 Å². The van der Waals surface area contributed by atoms with E-state index < -0.39 is 26.6 Å². The lowest BCUT2D eigenvalue weighted by molar-refractivity contribution is -0.126. The summed E-state index contributed by atoms with van der Waals surface area (Å²) in [5.74, 6) is -0.167. The number of carbonyl (C=O) groups is 1. The SMILES string of the molecule is CC(C)CC(C)S(=O)(=O)NC(=O)C(C)(C)C. The second-order valence-electron chi connectivity index (χ2n) is 5.67. The lowest BCUT2D eigenvalue weighted by Crippen LogP contribution is -2.43. The number of hydrogen-bond donors (Lipinski definition) is 1. The van der Waals surface area contributed by atoms with Crippen molar-refractivity contribution in [3.8, 4) is 0 Å². The van der Waals surface area contributed by atoms with Crippen LogP contribution in [0.3, 0.4) is 0 Å². The maximum absolute atomic E-state index is 11.8. The Bertz CT molecular complexity index is 339. The predicted octanol–water partition coefficient (Wildman–Crippen LogP) is 1.91. The molecule has 0 fully saturated rings. The smallest absolute Gasteiger partial charge is 0.238 e. The largest absolute Gasteiger partial charge is 0.273 e. The number of carbonyl (C=O) groups excluding carboxylic acids is 1. The molecule has 1 atom stereocenters. The zero-order valence-corrected chi connectivity index (χ0v) is 11.8.